The molecule has 0 bridgehead atoms. The first-order valence-electron chi connectivity index (χ1n) is 5.94. The van der Waals surface area contributed by atoms with E-state index in [-0.39, 0.29) is 9.52 Å². The molecular weight excluding hydrogens is 260 g/mol. The highest BCUT2D eigenvalue weighted by molar-refractivity contribution is 7.25. The van der Waals surface area contributed by atoms with E-state index in [0.717, 1.165) is 0 Å². The van der Waals surface area contributed by atoms with E-state index in [1.165, 1.54) is 6.42 Å². The predicted molar refractivity (Wildman–Crippen MR) is 81.1 cm³/mol. The van der Waals surface area contributed by atoms with Gasteiger partial charge in [-0.2, -0.15) is 0 Å². The SMILES string of the molecule is C1=CCC(c2cc3c(s2)-c2sccc2[SiH2]3)C=C1. The van der Waals surface area contributed by atoms with Gasteiger partial charge < -0.3 is 0 Å². The molecule has 1 unspecified atom stereocenters. The van der Waals surface area contributed by atoms with Crippen LogP contribution in [0.4, 0.5) is 0 Å². The van der Waals surface area contributed by atoms with Crippen molar-refractivity contribution in [3.63, 3.8) is 0 Å². The van der Waals surface area contributed by atoms with Crippen molar-refractivity contribution in [3.8, 4) is 9.75 Å². The van der Waals surface area contributed by atoms with Crippen molar-refractivity contribution in [2.45, 2.75) is 12.3 Å². The van der Waals surface area contributed by atoms with E-state index >= 15 is 0 Å². The van der Waals surface area contributed by atoms with Gasteiger partial charge in [-0.3, -0.25) is 0 Å². The summed E-state index contributed by atoms with van der Waals surface area (Å²) in [6, 6.07) is 4.83. The molecule has 0 N–H and O–H groups in total. The lowest BCUT2D eigenvalue weighted by Crippen LogP contribution is -2.18. The first kappa shape index (κ1) is 10.1. The fraction of sp³-hybridized carbons (Fsp3) is 0.143. The summed E-state index contributed by atoms with van der Waals surface area (Å²) in [5, 5.41) is 5.61. The maximum Gasteiger partial charge on any atom is 0.0914 e. The second-order valence-corrected chi connectivity index (χ2v) is 8.49. The van der Waals surface area contributed by atoms with Crippen molar-refractivity contribution in [1.29, 1.82) is 0 Å². The Bertz CT molecular complexity index is 630. The molecule has 0 aromatic carbocycles. The summed E-state index contributed by atoms with van der Waals surface area (Å²) >= 11 is 3.96. The van der Waals surface area contributed by atoms with Gasteiger partial charge in [0.05, 0.1) is 9.52 Å². The second kappa shape index (κ2) is 3.80. The van der Waals surface area contributed by atoms with Gasteiger partial charge >= 0.3 is 0 Å². The molecular formula is C14H12S2Si. The number of hydrogen-bond acceptors (Lipinski definition) is 2. The minimum absolute atomic E-state index is 0.154. The summed E-state index contributed by atoms with van der Waals surface area (Å²) in [5.74, 6) is 0.632. The maximum atomic E-state index is 2.49. The molecule has 0 fully saturated rings. The summed E-state index contributed by atoms with van der Waals surface area (Å²) in [7, 11) is -0.154. The van der Waals surface area contributed by atoms with Gasteiger partial charge in [-0.1, -0.05) is 30.4 Å². The summed E-state index contributed by atoms with van der Waals surface area (Å²) in [5.41, 5.74) is 0. The fourth-order valence-corrected chi connectivity index (χ4v) is 8.02. The Morgan fingerprint density at radius 3 is 3.06 bits per heavy atom. The van der Waals surface area contributed by atoms with Crippen LogP contribution in [-0.4, -0.2) is 9.52 Å². The monoisotopic (exact) mass is 272 g/mol. The fourth-order valence-electron chi connectivity index (χ4n) is 2.63. The molecule has 0 radical (unpaired) electrons. The molecule has 4 rings (SSSR count). The lowest BCUT2D eigenvalue weighted by molar-refractivity contribution is 0.874. The molecule has 2 aliphatic rings. The lowest BCUT2D eigenvalue weighted by atomic mass is 9.99. The average Bonchev–Trinajstić information content (AvgIpc) is 3.00. The Balaban J connectivity index is 1.76. The molecule has 1 aliphatic carbocycles. The Morgan fingerprint density at radius 1 is 1.18 bits per heavy atom. The van der Waals surface area contributed by atoms with Crippen molar-refractivity contribution in [1.82, 2.24) is 0 Å². The molecule has 3 heterocycles. The van der Waals surface area contributed by atoms with E-state index in [4.69, 9.17) is 0 Å². The van der Waals surface area contributed by atoms with E-state index in [9.17, 15) is 0 Å². The zero-order valence-electron chi connectivity index (χ0n) is 9.35. The van der Waals surface area contributed by atoms with Crippen molar-refractivity contribution in [2.75, 3.05) is 0 Å². The predicted octanol–water partition coefficient (Wildman–Crippen LogP) is 2.51. The van der Waals surface area contributed by atoms with Crippen LogP contribution in [0.5, 0.6) is 0 Å². The van der Waals surface area contributed by atoms with Gasteiger partial charge in [0.1, 0.15) is 0 Å². The summed E-state index contributed by atoms with van der Waals surface area (Å²) < 4.78 is 0. The third kappa shape index (κ3) is 1.53. The van der Waals surface area contributed by atoms with E-state index < -0.39 is 0 Å². The van der Waals surface area contributed by atoms with Gasteiger partial charge in [0.25, 0.3) is 0 Å². The quantitative estimate of drug-likeness (QED) is 0.597. The van der Waals surface area contributed by atoms with Gasteiger partial charge in [-0.05, 0) is 28.2 Å². The Kier molecular flexibility index (Phi) is 2.25. The van der Waals surface area contributed by atoms with Gasteiger partial charge in [-0.25, -0.2) is 0 Å². The summed E-state index contributed by atoms with van der Waals surface area (Å²) in [6.45, 7) is 0. The first-order valence-corrected chi connectivity index (χ1v) is 9.05. The Labute approximate surface area is 111 Å². The molecule has 1 atom stereocenters. The normalized spacial score (nSPS) is 22.0. The van der Waals surface area contributed by atoms with Gasteiger partial charge in [0.2, 0.25) is 0 Å². The minimum atomic E-state index is -0.154. The Morgan fingerprint density at radius 2 is 2.18 bits per heavy atom. The van der Waals surface area contributed by atoms with Crippen LogP contribution in [0, 0.1) is 0 Å². The van der Waals surface area contributed by atoms with Crippen LogP contribution in [0.25, 0.3) is 9.75 Å². The van der Waals surface area contributed by atoms with Crippen molar-refractivity contribution in [2.24, 2.45) is 0 Å². The van der Waals surface area contributed by atoms with Crippen LogP contribution in [0.3, 0.4) is 0 Å². The van der Waals surface area contributed by atoms with Crippen LogP contribution in [0.15, 0.2) is 41.8 Å². The zero-order valence-corrected chi connectivity index (χ0v) is 12.4. The number of thiophene rings is 2. The third-order valence-electron chi connectivity index (χ3n) is 3.51. The molecule has 0 nitrogen and oxygen atoms in total. The molecule has 2 aromatic rings. The number of fused-ring (bicyclic) bond motifs is 3. The van der Waals surface area contributed by atoms with Crippen LogP contribution in [0.1, 0.15) is 17.2 Å². The number of rotatable bonds is 1. The number of hydrogen-bond donors (Lipinski definition) is 0. The van der Waals surface area contributed by atoms with Crippen LogP contribution >= 0.6 is 22.7 Å². The summed E-state index contributed by atoms with van der Waals surface area (Å²) in [4.78, 5) is 4.75. The van der Waals surface area contributed by atoms with Crippen molar-refractivity contribution in [3.05, 3.63) is 46.7 Å². The van der Waals surface area contributed by atoms with E-state index in [1.807, 2.05) is 22.7 Å². The highest BCUT2D eigenvalue weighted by atomic mass is 32.1. The molecule has 0 amide bonds. The molecule has 3 heteroatoms. The highest BCUT2D eigenvalue weighted by Gasteiger charge is 2.24. The molecule has 17 heavy (non-hydrogen) atoms. The maximum absolute atomic E-state index is 2.49. The summed E-state index contributed by atoms with van der Waals surface area (Å²) in [6.07, 6.45) is 10.1. The van der Waals surface area contributed by atoms with Crippen LogP contribution < -0.4 is 10.4 Å². The average molecular weight is 272 g/mol. The molecule has 84 valence electrons. The van der Waals surface area contributed by atoms with Crippen molar-refractivity contribution >= 4 is 42.6 Å². The van der Waals surface area contributed by atoms with E-state index in [1.54, 1.807) is 25.0 Å². The smallest absolute Gasteiger partial charge is 0.0914 e. The van der Waals surface area contributed by atoms with E-state index in [2.05, 4.69) is 41.8 Å². The lowest BCUT2D eigenvalue weighted by Gasteiger charge is -2.10. The second-order valence-electron chi connectivity index (χ2n) is 4.61. The van der Waals surface area contributed by atoms with Crippen LogP contribution in [0.2, 0.25) is 0 Å². The Hall–Kier alpha value is -0.903. The van der Waals surface area contributed by atoms with Gasteiger partial charge in [0, 0.05) is 20.5 Å². The largest absolute Gasteiger partial charge is 0.143 e. The molecule has 0 saturated carbocycles. The standard InChI is InChI=1S/C14H12S2Si/c1-2-4-9(5-3-1)10-8-12-14(16-10)13-11(17-12)6-7-15-13/h1-4,6-9H,5,17H2. The third-order valence-corrected chi connectivity index (χ3v) is 8.36. The molecule has 2 aromatic heterocycles. The first-order chi connectivity index (χ1) is 8.42. The highest BCUT2D eigenvalue weighted by Crippen LogP contribution is 2.37. The van der Waals surface area contributed by atoms with Gasteiger partial charge in [-0.15, -0.1) is 22.7 Å². The van der Waals surface area contributed by atoms with E-state index in [0.29, 0.717) is 5.92 Å². The van der Waals surface area contributed by atoms with Gasteiger partial charge in [0.15, 0.2) is 0 Å². The molecule has 0 spiro atoms. The molecule has 1 aliphatic heterocycles. The van der Waals surface area contributed by atoms with Crippen molar-refractivity contribution < 1.29 is 0 Å². The topological polar surface area (TPSA) is 0 Å². The molecule has 0 saturated heterocycles. The zero-order chi connectivity index (χ0) is 11.2. The minimum Gasteiger partial charge on any atom is -0.143 e. The number of allylic oxidation sites excluding steroid dienone is 4. The van der Waals surface area contributed by atoms with Crippen LogP contribution in [-0.2, 0) is 0 Å².